The fourth-order valence-electron chi connectivity index (χ4n) is 4.39. The molecule has 2 aliphatic rings. The maximum atomic E-state index is 13.1. The Hall–Kier alpha value is -1.94. The van der Waals surface area contributed by atoms with E-state index in [0.29, 0.717) is 23.9 Å². The second kappa shape index (κ2) is 10.8. The van der Waals surface area contributed by atoms with Crippen LogP contribution in [0.1, 0.15) is 59.1 Å². The monoisotopic (exact) mass is 524 g/mol. The first-order valence-corrected chi connectivity index (χ1v) is 14.3. The molecule has 1 N–H and O–H groups in total. The molecule has 1 fully saturated rings. The van der Waals surface area contributed by atoms with Crippen molar-refractivity contribution < 1.29 is 22.7 Å². The lowest BCUT2D eigenvalue weighted by Crippen LogP contribution is -2.32. The average Bonchev–Trinajstić information content (AvgIpc) is 3.02. The summed E-state index contributed by atoms with van der Waals surface area (Å²) in [6.07, 6.45) is 6.71. The van der Waals surface area contributed by atoms with Gasteiger partial charge in [0.2, 0.25) is 10.0 Å². The zero-order chi connectivity index (χ0) is 24.3. The van der Waals surface area contributed by atoms with Gasteiger partial charge in [-0.3, -0.25) is 4.79 Å². The largest absolute Gasteiger partial charge is 0.451 e. The van der Waals surface area contributed by atoms with Crippen LogP contribution < -0.4 is 5.32 Å². The molecule has 1 aromatic heterocycles. The molecule has 10 heteroatoms. The van der Waals surface area contributed by atoms with E-state index in [-0.39, 0.29) is 15.6 Å². The summed E-state index contributed by atoms with van der Waals surface area (Å²) in [6.45, 7) is 2.67. The molecule has 1 saturated heterocycles. The molecular formula is C24H29ClN2O5S2. The van der Waals surface area contributed by atoms with Crippen LogP contribution in [-0.4, -0.2) is 44.3 Å². The number of anilines is 1. The molecule has 1 aromatic carbocycles. The maximum Gasteiger partial charge on any atom is 0.348 e. The van der Waals surface area contributed by atoms with E-state index in [1.165, 1.54) is 44.3 Å². The average molecular weight is 525 g/mol. The van der Waals surface area contributed by atoms with E-state index in [1.807, 2.05) is 6.07 Å². The van der Waals surface area contributed by atoms with Crippen molar-refractivity contribution in [3.8, 4) is 0 Å². The van der Waals surface area contributed by atoms with Gasteiger partial charge in [0.15, 0.2) is 6.61 Å². The Labute approximate surface area is 209 Å². The number of hydrogen-bond acceptors (Lipinski definition) is 6. The van der Waals surface area contributed by atoms with Gasteiger partial charge < -0.3 is 10.1 Å². The number of rotatable bonds is 6. The lowest BCUT2D eigenvalue weighted by molar-refractivity contribution is -0.119. The highest BCUT2D eigenvalue weighted by Crippen LogP contribution is 2.32. The Kier molecular flexibility index (Phi) is 7.97. The first kappa shape index (κ1) is 25.2. The van der Waals surface area contributed by atoms with Gasteiger partial charge in [-0.15, -0.1) is 11.3 Å². The Balaban J connectivity index is 1.39. The number of halogens is 1. The SMILES string of the molecule is CC1CCc2sc(C(=O)OCC(=O)Nc3cc(S(=O)(=O)N4CCCCCC4)ccc3Cl)cc2C1. The van der Waals surface area contributed by atoms with Gasteiger partial charge in [0, 0.05) is 18.0 Å². The number of nitrogens with zero attached hydrogens (tertiary/aromatic N) is 1. The van der Waals surface area contributed by atoms with Crippen molar-refractivity contribution >= 4 is 50.5 Å². The van der Waals surface area contributed by atoms with Gasteiger partial charge in [-0.2, -0.15) is 4.31 Å². The number of esters is 1. The van der Waals surface area contributed by atoms with E-state index in [0.717, 1.165) is 44.9 Å². The summed E-state index contributed by atoms with van der Waals surface area (Å²) in [7, 11) is -3.69. The van der Waals surface area contributed by atoms with Crippen LogP contribution in [0.25, 0.3) is 0 Å². The maximum absolute atomic E-state index is 13.1. The number of carbonyl (C=O) groups excluding carboxylic acids is 2. The molecular weight excluding hydrogens is 496 g/mol. The Bertz CT molecular complexity index is 1170. The number of benzene rings is 1. The van der Waals surface area contributed by atoms with Gasteiger partial charge in [0.05, 0.1) is 15.6 Å². The number of thiophene rings is 1. The molecule has 2 heterocycles. The molecule has 184 valence electrons. The minimum Gasteiger partial charge on any atom is -0.451 e. The lowest BCUT2D eigenvalue weighted by atomic mass is 9.90. The molecule has 34 heavy (non-hydrogen) atoms. The van der Waals surface area contributed by atoms with Crippen LogP contribution in [0.2, 0.25) is 5.02 Å². The number of carbonyl (C=O) groups is 2. The van der Waals surface area contributed by atoms with Gasteiger partial charge in [0.25, 0.3) is 5.91 Å². The second-order valence-corrected chi connectivity index (χ2v) is 12.5. The molecule has 0 radical (unpaired) electrons. The summed E-state index contributed by atoms with van der Waals surface area (Å²) in [5, 5.41) is 2.78. The second-order valence-electron chi connectivity index (χ2n) is 8.99. The van der Waals surface area contributed by atoms with Crippen LogP contribution in [-0.2, 0) is 32.4 Å². The number of amides is 1. The van der Waals surface area contributed by atoms with E-state index in [9.17, 15) is 18.0 Å². The predicted molar refractivity (Wildman–Crippen MR) is 133 cm³/mol. The van der Waals surface area contributed by atoms with Crippen LogP contribution in [0, 0.1) is 5.92 Å². The quantitative estimate of drug-likeness (QED) is 0.543. The van der Waals surface area contributed by atoms with Crippen molar-refractivity contribution in [3.63, 3.8) is 0 Å². The van der Waals surface area contributed by atoms with Gasteiger partial charge >= 0.3 is 5.97 Å². The van der Waals surface area contributed by atoms with Crippen LogP contribution in [0.3, 0.4) is 0 Å². The number of sulfonamides is 1. The number of ether oxygens (including phenoxy) is 1. The molecule has 0 saturated carbocycles. The minimum atomic E-state index is -3.69. The minimum absolute atomic E-state index is 0.0736. The molecule has 4 rings (SSSR count). The van der Waals surface area contributed by atoms with Crippen LogP contribution in [0.15, 0.2) is 29.2 Å². The fraction of sp³-hybridized carbons (Fsp3) is 0.500. The molecule has 0 spiro atoms. The first-order chi connectivity index (χ1) is 16.2. The summed E-state index contributed by atoms with van der Waals surface area (Å²) >= 11 is 7.63. The third-order valence-electron chi connectivity index (χ3n) is 6.28. The molecule has 1 aliphatic heterocycles. The highest BCUT2D eigenvalue weighted by molar-refractivity contribution is 7.89. The molecule has 7 nitrogen and oxygen atoms in total. The highest BCUT2D eigenvalue weighted by Gasteiger charge is 2.26. The Morgan fingerprint density at radius 2 is 1.91 bits per heavy atom. The summed E-state index contributed by atoms with van der Waals surface area (Å²) in [4.78, 5) is 26.7. The molecule has 1 aliphatic carbocycles. The number of nitrogens with one attached hydrogen (secondary N) is 1. The summed E-state index contributed by atoms with van der Waals surface area (Å²) < 4.78 is 32.8. The fourth-order valence-corrected chi connectivity index (χ4v) is 7.20. The van der Waals surface area contributed by atoms with Crippen molar-refractivity contribution in [3.05, 3.63) is 44.6 Å². The van der Waals surface area contributed by atoms with Crippen LogP contribution >= 0.6 is 22.9 Å². The van der Waals surface area contributed by atoms with Crippen molar-refractivity contribution in [2.75, 3.05) is 25.0 Å². The number of fused-ring (bicyclic) bond motifs is 1. The van der Waals surface area contributed by atoms with E-state index >= 15 is 0 Å². The Morgan fingerprint density at radius 3 is 2.65 bits per heavy atom. The topological polar surface area (TPSA) is 92.8 Å². The van der Waals surface area contributed by atoms with E-state index < -0.39 is 28.5 Å². The molecule has 1 unspecified atom stereocenters. The normalized spacial score (nSPS) is 19.2. The molecule has 1 atom stereocenters. The lowest BCUT2D eigenvalue weighted by Gasteiger charge is -2.20. The van der Waals surface area contributed by atoms with Crippen molar-refractivity contribution in [1.29, 1.82) is 0 Å². The summed E-state index contributed by atoms with van der Waals surface area (Å²) in [5.41, 5.74) is 1.36. The van der Waals surface area contributed by atoms with Crippen molar-refractivity contribution in [2.24, 2.45) is 5.92 Å². The number of aryl methyl sites for hydroxylation is 1. The molecule has 0 bridgehead atoms. The van der Waals surface area contributed by atoms with Crippen LogP contribution in [0.5, 0.6) is 0 Å². The predicted octanol–water partition coefficient (Wildman–Crippen LogP) is 4.89. The van der Waals surface area contributed by atoms with E-state index in [4.69, 9.17) is 16.3 Å². The van der Waals surface area contributed by atoms with E-state index in [1.54, 1.807) is 0 Å². The first-order valence-electron chi connectivity index (χ1n) is 11.6. The zero-order valence-corrected chi connectivity index (χ0v) is 21.5. The van der Waals surface area contributed by atoms with Gasteiger partial charge in [-0.1, -0.05) is 31.4 Å². The van der Waals surface area contributed by atoms with E-state index in [2.05, 4.69) is 12.2 Å². The molecule has 1 amide bonds. The third kappa shape index (κ3) is 5.82. The Morgan fingerprint density at radius 1 is 1.18 bits per heavy atom. The zero-order valence-electron chi connectivity index (χ0n) is 19.1. The molecule has 2 aromatic rings. The smallest absolute Gasteiger partial charge is 0.348 e. The van der Waals surface area contributed by atoms with Gasteiger partial charge in [-0.05, 0) is 67.9 Å². The summed E-state index contributed by atoms with van der Waals surface area (Å²) in [6, 6.07) is 6.11. The van der Waals surface area contributed by atoms with Crippen molar-refractivity contribution in [2.45, 2.75) is 56.8 Å². The highest BCUT2D eigenvalue weighted by atomic mass is 35.5. The third-order valence-corrected chi connectivity index (χ3v) is 9.72. The van der Waals surface area contributed by atoms with Crippen LogP contribution in [0.4, 0.5) is 5.69 Å². The van der Waals surface area contributed by atoms with Crippen molar-refractivity contribution in [1.82, 2.24) is 4.31 Å². The van der Waals surface area contributed by atoms with Gasteiger partial charge in [0.1, 0.15) is 4.88 Å². The standard InChI is InChI=1S/C24H29ClN2O5S2/c1-16-6-9-21-17(12-16)13-22(33-21)24(29)32-15-23(28)26-20-14-18(7-8-19(20)25)34(30,31)27-10-4-2-3-5-11-27/h7-8,13-14,16H,2-6,9-12,15H2,1H3,(H,26,28). The number of hydrogen-bond donors (Lipinski definition) is 1. The van der Waals surface area contributed by atoms with Gasteiger partial charge in [-0.25, -0.2) is 13.2 Å². The summed E-state index contributed by atoms with van der Waals surface area (Å²) in [5.74, 6) is -0.527.